The lowest BCUT2D eigenvalue weighted by Crippen LogP contribution is -2.40. The van der Waals surface area contributed by atoms with Crippen LogP contribution in [0, 0.1) is 0 Å². The van der Waals surface area contributed by atoms with Gasteiger partial charge in [0, 0.05) is 18.8 Å². The second kappa shape index (κ2) is 9.53. The summed E-state index contributed by atoms with van der Waals surface area (Å²) in [6, 6.07) is 6.90. The third-order valence-electron chi connectivity index (χ3n) is 4.16. The lowest BCUT2D eigenvalue weighted by Gasteiger charge is -2.25. The molecule has 1 amide bonds. The Labute approximate surface area is 149 Å². The van der Waals surface area contributed by atoms with Gasteiger partial charge in [0.15, 0.2) is 0 Å². The Morgan fingerprint density at radius 3 is 2.80 bits per heavy atom. The molecule has 1 saturated heterocycles. The SMILES string of the molecule is CCOC(=O)c1cccc(N(CC)C(=O)C(C)OCC2CCCO2)c1. The topological polar surface area (TPSA) is 65.1 Å². The van der Waals surface area contributed by atoms with Gasteiger partial charge in [0.1, 0.15) is 6.10 Å². The van der Waals surface area contributed by atoms with Crippen molar-refractivity contribution in [3.8, 4) is 0 Å². The molecule has 0 spiro atoms. The molecule has 0 saturated carbocycles. The summed E-state index contributed by atoms with van der Waals surface area (Å²) in [6.45, 7) is 7.38. The van der Waals surface area contributed by atoms with Crippen molar-refractivity contribution in [3.63, 3.8) is 0 Å². The molecule has 0 aromatic heterocycles. The molecular weight excluding hydrogens is 322 g/mol. The van der Waals surface area contributed by atoms with E-state index < -0.39 is 12.1 Å². The Morgan fingerprint density at radius 1 is 1.36 bits per heavy atom. The fourth-order valence-corrected chi connectivity index (χ4v) is 2.80. The van der Waals surface area contributed by atoms with Gasteiger partial charge in [-0.2, -0.15) is 0 Å². The first kappa shape index (κ1) is 19.4. The lowest BCUT2D eigenvalue weighted by atomic mass is 10.1. The van der Waals surface area contributed by atoms with E-state index in [-0.39, 0.29) is 12.0 Å². The third-order valence-corrected chi connectivity index (χ3v) is 4.16. The van der Waals surface area contributed by atoms with E-state index in [9.17, 15) is 9.59 Å². The zero-order valence-corrected chi connectivity index (χ0v) is 15.2. The maximum atomic E-state index is 12.7. The van der Waals surface area contributed by atoms with E-state index in [1.165, 1.54) is 0 Å². The van der Waals surface area contributed by atoms with Gasteiger partial charge < -0.3 is 19.1 Å². The normalized spacial score (nSPS) is 18.0. The summed E-state index contributed by atoms with van der Waals surface area (Å²) in [5.74, 6) is -0.531. The fourth-order valence-electron chi connectivity index (χ4n) is 2.80. The van der Waals surface area contributed by atoms with Crippen LogP contribution in [-0.2, 0) is 19.0 Å². The highest BCUT2D eigenvalue weighted by Gasteiger charge is 2.24. The Balaban J connectivity index is 2.02. The van der Waals surface area contributed by atoms with E-state index in [4.69, 9.17) is 14.2 Å². The minimum atomic E-state index is -0.574. The quantitative estimate of drug-likeness (QED) is 0.675. The van der Waals surface area contributed by atoms with Crippen LogP contribution in [0.25, 0.3) is 0 Å². The maximum Gasteiger partial charge on any atom is 0.338 e. The van der Waals surface area contributed by atoms with Gasteiger partial charge in [-0.15, -0.1) is 0 Å². The summed E-state index contributed by atoms with van der Waals surface area (Å²) in [4.78, 5) is 26.2. The molecule has 6 heteroatoms. The van der Waals surface area contributed by atoms with E-state index in [1.807, 2.05) is 6.92 Å². The maximum absolute atomic E-state index is 12.7. The summed E-state index contributed by atoms with van der Waals surface area (Å²) in [5.41, 5.74) is 1.09. The van der Waals surface area contributed by atoms with Gasteiger partial charge in [0.25, 0.3) is 5.91 Å². The number of hydrogen-bond donors (Lipinski definition) is 0. The van der Waals surface area contributed by atoms with Crippen LogP contribution in [0.15, 0.2) is 24.3 Å². The van der Waals surface area contributed by atoms with E-state index in [1.54, 1.807) is 43.0 Å². The van der Waals surface area contributed by atoms with Crippen molar-refractivity contribution >= 4 is 17.6 Å². The van der Waals surface area contributed by atoms with E-state index in [2.05, 4.69) is 0 Å². The second-order valence-corrected chi connectivity index (χ2v) is 5.96. The first-order valence-corrected chi connectivity index (χ1v) is 8.88. The van der Waals surface area contributed by atoms with Gasteiger partial charge in [-0.25, -0.2) is 4.79 Å². The molecule has 0 radical (unpaired) electrons. The molecule has 1 aliphatic rings. The lowest BCUT2D eigenvalue weighted by molar-refractivity contribution is -0.131. The number of ether oxygens (including phenoxy) is 3. The Bertz CT molecular complexity index is 583. The number of anilines is 1. The fraction of sp³-hybridized carbons (Fsp3) is 0.579. The van der Waals surface area contributed by atoms with Gasteiger partial charge in [0.2, 0.25) is 0 Å². The van der Waals surface area contributed by atoms with Crippen molar-refractivity contribution in [2.75, 3.05) is 31.3 Å². The average molecular weight is 349 g/mol. The van der Waals surface area contributed by atoms with Crippen molar-refractivity contribution in [3.05, 3.63) is 29.8 Å². The number of nitrogens with zero attached hydrogens (tertiary/aromatic N) is 1. The standard InChI is InChI=1S/C19H27NO5/c1-4-20(16-9-6-8-15(12-16)19(22)23-5-2)18(21)14(3)25-13-17-10-7-11-24-17/h6,8-9,12,14,17H,4-5,7,10-11,13H2,1-3H3. The zero-order chi connectivity index (χ0) is 18.2. The Morgan fingerprint density at radius 2 is 2.16 bits per heavy atom. The second-order valence-electron chi connectivity index (χ2n) is 5.96. The molecule has 1 fully saturated rings. The van der Waals surface area contributed by atoms with Crippen molar-refractivity contribution in [1.82, 2.24) is 0 Å². The first-order valence-electron chi connectivity index (χ1n) is 8.88. The van der Waals surface area contributed by atoms with Gasteiger partial charge in [-0.3, -0.25) is 4.79 Å². The van der Waals surface area contributed by atoms with E-state index >= 15 is 0 Å². The van der Waals surface area contributed by atoms with Crippen molar-refractivity contribution in [2.24, 2.45) is 0 Å². The van der Waals surface area contributed by atoms with Crippen molar-refractivity contribution in [1.29, 1.82) is 0 Å². The highest BCUT2D eigenvalue weighted by Crippen LogP contribution is 2.19. The summed E-state index contributed by atoms with van der Waals surface area (Å²) in [7, 11) is 0. The van der Waals surface area contributed by atoms with Gasteiger partial charge in [-0.1, -0.05) is 6.07 Å². The van der Waals surface area contributed by atoms with Crippen LogP contribution in [0.3, 0.4) is 0 Å². The van der Waals surface area contributed by atoms with Crippen LogP contribution in [0.4, 0.5) is 5.69 Å². The van der Waals surface area contributed by atoms with E-state index in [0.717, 1.165) is 19.4 Å². The number of carbonyl (C=O) groups excluding carboxylic acids is 2. The summed E-state index contributed by atoms with van der Waals surface area (Å²) < 4.78 is 16.2. The number of amides is 1. The largest absolute Gasteiger partial charge is 0.462 e. The molecule has 1 heterocycles. The number of esters is 1. The first-order chi connectivity index (χ1) is 12.1. The predicted molar refractivity (Wildman–Crippen MR) is 94.8 cm³/mol. The molecule has 1 aromatic carbocycles. The molecule has 2 atom stereocenters. The molecule has 2 unspecified atom stereocenters. The number of rotatable bonds is 8. The van der Waals surface area contributed by atoms with Crippen LogP contribution in [0.2, 0.25) is 0 Å². The van der Waals surface area contributed by atoms with Crippen LogP contribution in [0.1, 0.15) is 44.0 Å². The number of likely N-dealkylation sites (N-methyl/N-ethyl adjacent to an activating group) is 1. The molecular formula is C19H27NO5. The Hall–Kier alpha value is -1.92. The number of carbonyl (C=O) groups is 2. The van der Waals surface area contributed by atoms with Gasteiger partial charge in [-0.05, 0) is 51.8 Å². The minimum absolute atomic E-state index is 0.0810. The van der Waals surface area contributed by atoms with Crippen LogP contribution in [0.5, 0.6) is 0 Å². The molecule has 0 bridgehead atoms. The highest BCUT2D eigenvalue weighted by atomic mass is 16.5. The molecule has 0 N–H and O–H groups in total. The summed E-state index contributed by atoms with van der Waals surface area (Å²) in [6.07, 6.45) is 1.52. The minimum Gasteiger partial charge on any atom is -0.462 e. The third kappa shape index (κ3) is 5.28. The van der Waals surface area contributed by atoms with Gasteiger partial charge in [0.05, 0.1) is 24.9 Å². The molecule has 6 nitrogen and oxygen atoms in total. The van der Waals surface area contributed by atoms with Crippen LogP contribution >= 0.6 is 0 Å². The van der Waals surface area contributed by atoms with Crippen LogP contribution < -0.4 is 4.90 Å². The van der Waals surface area contributed by atoms with Crippen molar-refractivity contribution < 1.29 is 23.8 Å². The van der Waals surface area contributed by atoms with Crippen LogP contribution in [-0.4, -0.2) is 50.4 Å². The smallest absolute Gasteiger partial charge is 0.338 e. The highest BCUT2D eigenvalue weighted by molar-refractivity contribution is 5.98. The Kier molecular flexibility index (Phi) is 7.40. The summed E-state index contributed by atoms with van der Waals surface area (Å²) in [5, 5.41) is 0. The average Bonchev–Trinajstić information content (AvgIpc) is 3.14. The molecule has 25 heavy (non-hydrogen) atoms. The van der Waals surface area contributed by atoms with E-state index in [0.29, 0.717) is 31.0 Å². The molecule has 2 rings (SSSR count). The molecule has 1 aromatic rings. The van der Waals surface area contributed by atoms with Gasteiger partial charge >= 0.3 is 5.97 Å². The van der Waals surface area contributed by atoms with Crippen molar-refractivity contribution in [2.45, 2.75) is 45.8 Å². The monoisotopic (exact) mass is 349 g/mol. The molecule has 1 aliphatic heterocycles. The summed E-state index contributed by atoms with van der Waals surface area (Å²) >= 11 is 0. The molecule has 0 aliphatic carbocycles. The number of hydrogen-bond acceptors (Lipinski definition) is 5. The predicted octanol–water partition coefficient (Wildman–Crippen LogP) is 2.80. The zero-order valence-electron chi connectivity index (χ0n) is 15.2. The molecule has 138 valence electrons. The number of benzene rings is 1.